The van der Waals surface area contributed by atoms with Gasteiger partial charge >= 0.3 is 0 Å². The lowest BCUT2D eigenvalue weighted by atomic mass is 10.1. The first-order chi connectivity index (χ1) is 16.3. The number of hydrogen-bond acceptors (Lipinski definition) is 4. The number of halogens is 3. The molecule has 0 unspecified atom stereocenters. The van der Waals surface area contributed by atoms with Gasteiger partial charge in [0.05, 0.1) is 11.9 Å². The van der Waals surface area contributed by atoms with Crippen molar-refractivity contribution in [2.75, 3.05) is 17.1 Å². The zero-order valence-electron chi connectivity index (χ0n) is 20.1. The number of rotatable bonds is 11. The summed E-state index contributed by atoms with van der Waals surface area (Å²) in [5, 5.41) is 2.80. The fourth-order valence-corrected chi connectivity index (χ4v) is 4.64. The minimum Gasteiger partial charge on any atom is -0.352 e. The van der Waals surface area contributed by atoms with Crippen LogP contribution < -0.4 is 9.62 Å². The summed E-state index contributed by atoms with van der Waals surface area (Å²) in [7, 11) is -3.81. The van der Waals surface area contributed by atoms with Gasteiger partial charge in [-0.05, 0) is 57.0 Å². The fraction of sp³-hybridized carbons (Fsp3) is 0.417. The Hall–Kier alpha value is -2.53. The average molecular weight is 574 g/mol. The minimum atomic E-state index is -3.81. The van der Waals surface area contributed by atoms with E-state index in [1.165, 1.54) is 11.0 Å². The van der Waals surface area contributed by atoms with Crippen molar-refractivity contribution in [1.82, 2.24) is 10.2 Å². The molecule has 0 heterocycles. The SMILES string of the molecule is CC(C)NC(=O)[C@H](C)N(Cc1ccc(Br)cc1)C(=O)CCCN(c1ccc(F)c(F)c1)S(C)(=O)=O. The highest BCUT2D eigenvalue weighted by Crippen LogP contribution is 2.22. The third-order valence-corrected chi connectivity index (χ3v) is 6.93. The van der Waals surface area contributed by atoms with Crippen LogP contribution in [0.4, 0.5) is 14.5 Å². The molecule has 2 aromatic rings. The first kappa shape index (κ1) is 28.7. The molecule has 2 rings (SSSR count). The van der Waals surface area contributed by atoms with E-state index in [1.54, 1.807) is 6.92 Å². The lowest BCUT2D eigenvalue weighted by molar-refractivity contribution is -0.140. The number of anilines is 1. The average Bonchev–Trinajstić information content (AvgIpc) is 2.76. The van der Waals surface area contributed by atoms with Gasteiger partial charge in [0.25, 0.3) is 0 Å². The molecular formula is C24H30BrF2N3O4S. The molecule has 0 aliphatic carbocycles. The maximum atomic E-state index is 13.7. The molecule has 0 aromatic heterocycles. The number of hydrogen-bond donors (Lipinski definition) is 1. The largest absolute Gasteiger partial charge is 0.352 e. The van der Waals surface area contributed by atoms with Crippen molar-refractivity contribution in [2.45, 2.75) is 52.2 Å². The molecule has 11 heteroatoms. The van der Waals surface area contributed by atoms with Gasteiger partial charge in [0.15, 0.2) is 11.6 Å². The maximum Gasteiger partial charge on any atom is 0.242 e. The van der Waals surface area contributed by atoms with Crippen molar-refractivity contribution >= 4 is 43.5 Å². The second-order valence-electron chi connectivity index (χ2n) is 8.52. The van der Waals surface area contributed by atoms with Gasteiger partial charge in [-0.1, -0.05) is 28.1 Å². The van der Waals surface area contributed by atoms with Crippen molar-refractivity contribution in [1.29, 1.82) is 0 Å². The predicted octanol–water partition coefficient (Wildman–Crippen LogP) is 4.22. The Labute approximate surface area is 213 Å². The lowest BCUT2D eigenvalue weighted by Crippen LogP contribution is -2.49. The quantitative estimate of drug-likeness (QED) is 0.436. The summed E-state index contributed by atoms with van der Waals surface area (Å²) in [6.45, 7) is 5.36. The number of amides is 2. The van der Waals surface area contributed by atoms with Crippen molar-refractivity contribution in [2.24, 2.45) is 0 Å². The van der Waals surface area contributed by atoms with Gasteiger partial charge in [-0.15, -0.1) is 0 Å². The van der Waals surface area contributed by atoms with E-state index in [4.69, 9.17) is 0 Å². The topological polar surface area (TPSA) is 86.8 Å². The minimum absolute atomic E-state index is 0.0322. The van der Waals surface area contributed by atoms with E-state index in [2.05, 4.69) is 21.2 Å². The highest BCUT2D eigenvalue weighted by Gasteiger charge is 2.27. The van der Waals surface area contributed by atoms with Gasteiger partial charge in [-0.25, -0.2) is 17.2 Å². The van der Waals surface area contributed by atoms with E-state index in [1.807, 2.05) is 38.1 Å². The molecule has 7 nitrogen and oxygen atoms in total. The first-order valence-electron chi connectivity index (χ1n) is 11.1. The van der Waals surface area contributed by atoms with Crippen LogP contribution in [0.25, 0.3) is 0 Å². The third kappa shape index (κ3) is 8.57. The molecule has 0 fully saturated rings. The zero-order valence-corrected chi connectivity index (χ0v) is 22.5. The number of nitrogens with zero attached hydrogens (tertiary/aromatic N) is 2. The lowest BCUT2D eigenvalue weighted by Gasteiger charge is -2.30. The van der Waals surface area contributed by atoms with Crippen molar-refractivity contribution in [3.8, 4) is 0 Å². The molecule has 0 saturated carbocycles. The van der Waals surface area contributed by atoms with Crippen LogP contribution in [0.3, 0.4) is 0 Å². The molecule has 0 aliphatic heterocycles. The Bertz CT molecular complexity index is 1140. The molecule has 0 bridgehead atoms. The number of nitrogens with one attached hydrogen (secondary N) is 1. The maximum absolute atomic E-state index is 13.7. The molecule has 0 saturated heterocycles. The normalized spacial score (nSPS) is 12.3. The second-order valence-corrected chi connectivity index (χ2v) is 11.3. The van der Waals surface area contributed by atoms with E-state index < -0.39 is 27.7 Å². The molecule has 0 aliphatic rings. The highest BCUT2D eigenvalue weighted by atomic mass is 79.9. The van der Waals surface area contributed by atoms with Crippen LogP contribution in [0.5, 0.6) is 0 Å². The number of benzene rings is 2. The van der Waals surface area contributed by atoms with Crippen molar-refractivity contribution in [3.05, 3.63) is 64.1 Å². The Balaban J connectivity index is 2.18. The highest BCUT2D eigenvalue weighted by molar-refractivity contribution is 9.10. The molecule has 1 atom stereocenters. The molecule has 35 heavy (non-hydrogen) atoms. The van der Waals surface area contributed by atoms with Crippen LogP contribution in [-0.2, 0) is 26.2 Å². The third-order valence-electron chi connectivity index (χ3n) is 5.21. The van der Waals surface area contributed by atoms with Gasteiger partial charge in [0.2, 0.25) is 21.8 Å². The van der Waals surface area contributed by atoms with Crippen LogP contribution in [-0.4, -0.2) is 50.0 Å². The van der Waals surface area contributed by atoms with Gasteiger partial charge in [-0.3, -0.25) is 13.9 Å². The second kappa shape index (κ2) is 12.4. The molecule has 0 radical (unpaired) electrons. The molecule has 2 aromatic carbocycles. The summed E-state index contributed by atoms with van der Waals surface area (Å²) < 4.78 is 53.3. The Morgan fingerprint density at radius 1 is 1.03 bits per heavy atom. The number of carbonyl (C=O) groups is 2. The van der Waals surface area contributed by atoms with Crippen LogP contribution in [0.2, 0.25) is 0 Å². The fourth-order valence-electron chi connectivity index (χ4n) is 3.42. The van der Waals surface area contributed by atoms with E-state index >= 15 is 0 Å². The summed E-state index contributed by atoms with van der Waals surface area (Å²) in [6, 6.07) is 9.31. The number of carbonyl (C=O) groups excluding carboxylic acids is 2. The van der Waals surface area contributed by atoms with Gasteiger partial charge < -0.3 is 10.2 Å². The summed E-state index contributed by atoms with van der Waals surface area (Å²) in [4.78, 5) is 27.3. The molecule has 1 N–H and O–H groups in total. The van der Waals surface area contributed by atoms with E-state index in [9.17, 15) is 26.8 Å². The van der Waals surface area contributed by atoms with Crippen LogP contribution in [0.15, 0.2) is 46.9 Å². The summed E-state index contributed by atoms with van der Waals surface area (Å²) in [6.07, 6.45) is 1.01. The Morgan fingerprint density at radius 2 is 1.66 bits per heavy atom. The number of sulfonamides is 1. The molecule has 2 amide bonds. The molecule has 192 valence electrons. The summed E-state index contributed by atoms with van der Waals surface area (Å²) >= 11 is 3.37. The standard InChI is InChI=1S/C24H30BrF2N3O4S/c1-16(2)28-24(32)17(3)29(15-18-7-9-19(25)10-8-18)23(31)6-5-13-30(35(4,33)34)20-11-12-21(26)22(27)14-20/h7-12,14,16-17H,5-6,13,15H2,1-4H3,(H,28,32)/t17-/m0/s1. The smallest absolute Gasteiger partial charge is 0.242 e. The molecular weight excluding hydrogens is 544 g/mol. The molecule has 0 spiro atoms. The summed E-state index contributed by atoms with van der Waals surface area (Å²) in [5.74, 6) is -2.89. The Kier molecular flexibility index (Phi) is 10.2. The van der Waals surface area contributed by atoms with Crippen LogP contribution in [0.1, 0.15) is 39.2 Å². The van der Waals surface area contributed by atoms with Gasteiger partial charge in [-0.2, -0.15) is 0 Å². The van der Waals surface area contributed by atoms with E-state index in [0.29, 0.717) is 0 Å². The zero-order chi connectivity index (χ0) is 26.3. The van der Waals surface area contributed by atoms with Crippen LogP contribution >= 0.6 is 15.9 Å². The predicted molar refractivity (Wildman–Crippen MR) is 135 cm³/mol. The van der Waals surface area contributed by atoms with E-state index in [-0.39, 0.29) is 49.5 Å². The van der Waals surface area contributed by atoms with Crippen molar-refractivity contribution in [3.63, 3.8) is 0 Å². The monoisotopic (exact) mass is 573 g/mol. The first-order valence-corrected chi connectivity index (χ1v) is 13.7. The van der Waals surface area contributed by atoms with Crippen molar-refractivity contribution < 1.29 is 26.8 Å². The van der Waals surface area contributed by atoms with Gasteiger partial charge in [0, 0.05) is 36.1 Å². The Morgan fingerprint density at radius 3 is 2.20 bits per heavy atom. The van der Waals surface area contributed by atoms with Crippen LogP contribution in [0, 0.1) is 11.6 Å². The van der Waals surface area contributed by atoms with E-state index in [0.717, 1.165) is 32.7 Å². The summed E-state index contributed by atoms with van der Waals surface area (Å²) in [5.41, 5.74) is 0.792. The van der Waals surface area contributed by atoms with Gasteiger partial charge in [0.1, 0.15) is 6.04 Å².